The van der Waals surface area contributed by atoms with Gasteiger partial charge in [-0.25, -0.2) is 0 Å². The number of halogens is 1. The van der Waals surface area contributed by atoms with Gasteiger partial charge in [-0.05, 0) is 56.4 Å². The van der Waals surface area contributed by atoms with Gasteiger partial charge in [0.1, 0.15) is 10.6 Å². The lowest BCUT2D eigenvalue weighted by atomic mass is 10.1. The van der Waals surface area contributed by atoms with Crippen molar-refractivity contribution in [2.45, 2.75) is 39.0 Å². The second kappa shape index (κ2) is 9.85. The van der Waals surface area contributed by atoms with Gasteiger partial charge in [0.15, 0.2) is 0 Å². The second-order valence-electron chi connectivity index (χ2n) is 7.49. The van der Waals surface area contributed by atoms with Gasteiger partial charge in [-0.2, -0.15) is 0 Å². The van der Waals surface area contributed by atoms with E-state index in [1.807, 2.05) is 6.92 Å². The summed E-state index contributed by atoms with van der Waals surface area (Å²) < 4.78 is 10.9. The number of carbonyl (C=O) groups is 2. The van der Waals surface area contributed by atoms with E-state index in [1.165, 1.54) is 16.2 Å². The van der Waals surface area contributed by atoms with E-state index >= 15 is 0 Å². The first-order valence-electron chi connectivity index (χ1n) is 10.5. The van der Waals surface area contributed by atoms with Crippen LogP contribution in [-0.2, 0) is 28.8 Å². The molecule has 0 bridgehead atoms. The highest BCUT2D eigenvalue weighted by atomic mass is 35.5. The molecule has 6 nitrogen and oxygen atoms in total. The Kier molecular flexibility index (Phi) is 6.95. The zero-order chi connectivity index (χ0) is 21.8. The third-order valence-corrected chi connectivity index (χ3v) is 6.77. The van der Waals surface area contributed by atoms with Gasteiger partial charge in [-0.1, -0.05) is 11.6 Å². The summed E-state index contributed by atoms with van der Waals surface area (Å²) >= 11 is 7.60. The SMILES string of the molecule is CCOCCCNC(=O)c1c(NC(=O)Cc2coc3ccc(Cl)cc23)sc2c1CCC2. The molecule has 2 N–H and O–H groups in total. The molecule has 0 fully saturated rings. The molecule has 0 saturated heterocycles. The van der Waals surface area contributed by atoms with E-state index in [0.29, 0.717) is 40.9 Å². The zero-order valence-electron chi connectivity index (χ0n) is 17.4. The summed E-state index contributed by atoms with van der Waals surface area (Å²) in [6.07, 6.45) is 5.34. The molecule has 1 aromatic carbocycles. The number of nitrogens with one attached hydrogen (secondary N) is 2. The molecule has 4 rings (SSSR count). The molecule has 2 amide bonds. The summed E-state index contributed by atoms with van der Waals surface area (Å²) in [4.78, 5) is 26.9. The van der Waals surface area contributed by atoms with Gasteiger partial charge in [-0.3, -0.25) is 9.59 Å². The summed E-state index contributed by atoms with van der Waals surface area (Å²) in [5, 5.41) is 7.98. The van der Waals surface area contributed by atoms with Crippen molar-refractivity contribution in [3.8, 4) is 0 Å². The fraction of sp³-hybridized carbons (Fsp3) is 0.391. The largest absolute Gasteiger partial charge is 0.464 e. The van der Waals surface area contributed by atoms with Crippen LogP contribution in [-0.4, -0.2) is 31.6 Å². The molecule has 0 atom stereocenters. The Morgan fingerprint density at radius 1 is 1.29 bits per heavy atom. The van der Waals surface area contributed by atoms with Crippen molar-refractivity contribution >= 4 is 50.7 Å². The van der Waals surface area contributed by atoms with Gasteiger partial charge in [-0.15, -0.1) is 11.3 Å². The van der Waals surface area contributed by atoms with Crippen molar-refractivity contribution in [2.75, 3.05) is 25.1 Å². The normalized spacial score (nSPS) is 12.8. The molecule has 1 aliphatic rings. The average Bonchev–Trinajstić information content (AvgIpc) is 3.42. The molecule has 2 heterocycles. The number of hydrogen-bond acceptors (Lipinski definition) is 5. The molecule has 3 aromatic rings. The lowest BCUT2D eigenvalue weighted by Crippen LogP contribution is -2.27. The van der Waals surface area contributed by atoms with E-state index in [2.05, 4.69) is 10.6 Å². The fourth-order valence-electron chi connectivity index (χ4n) is 3.88. The Bertz CT molecular complexity index is 1100. The number of amides is 2. The monoisotopic (exact) mass is 460 g/mol. The third-order valence-electron chi connectivity index (χ3n) is 5.32. The molecule has 0 radical (unpaired) electrons. The zero-order valence-corrected chi connectivity index (χ0v) is 19.0. The summed E-state index contributed by atoms with van der Waals surface area (Å²) in [5.41, 5.74) is 3.14. The molecule has 31 heavy (non-hydrogen) atoms. The number of carbonyl (C=O) groups excluding carboxylic acids is 2. The number of benzene rings is 1. The summed E-state index contributed by atoms with van der Waals surface area (Å²) in [6, 6.07) is 5.34. The Morgan fingerprint density at radius 2 is 2.16 bits per heavy atom. The molecule has 0 spiro atoms. The molecule has 0 unspecified atom stereocenters. The Balaban J connectivity index is 1.47. The quantitative estimate of drug-likeness (QED) is 0.441. The molecular weight excluding hydrogens is 436 g/mol. The summed E-state index contributed by atoms with van der Waals surface area (Å²) in [6.45, 7) is 3.77. The van der Waals surface area contributed by atoms with Crippen molar-refractivity contribution in [2.24, 2.45) is 0 Å². The molecule has 8 heteroatoms. The van der Waals surface area contributed by atoms with Crippen molar-refractivity contribution < 1.29 is 18.7 Å². The van der Waals surface area contributed by atoms with Crippen LogP contribution < -0.4 is 10.6 Å². The molecule has 2 aromatic heterocycles. The predicted molar refractivity (Wildman–Crippen MR) is 123 cm³/mol. The van der Waals surface area contributed by atoms with Crippen molar-refractivity contribution in [3.05, 3.63) is 51.1 Å². The minimum Gasteiger partial charge on any atom is -0.464 e. The van der Waals surface area contributed by atoms with E-state index < -0.39 is 0 Å². The first-order valence-corrected chi connectivity index (χ1v) is 11.7. The predicted octanol–water partition coefficient (Wildman–Crippen LogP) is 4.97. The summed E-state index contributed by atoms with van der Waals surface area (Å²) in [5.74, 6) is -0.320. The van der Waals surface area contributed by atoms with Gasteiger partial charge in [0.2, 0.25) is 5.91 Å². The number of fused-ring (bicyclic) bond motifs is 2. The number of ether oxygens (including phenoxy) is 1. The van der Waals surface area contributed by atoms with E-state index in [0.717, 1.165) is 42.2 Å². The molecule has 1 aliphatic carbocycles. The fourth-order valence-corrected chi connectivity index (χ4v) is 5.35. The number of anilines is 1. The average molecular weight is 461 g/mol. The first-order chi connectivity index (χ1) is 15.1. The lowest BCUT2D eigenvalue weighted by Gasteiger charge is -2.09. The standard InChI is InChI=1S/C23H25ClN2O4S/c1-2-29-10-4-9-25-22(28)21-16-5-3-6-19(16)31-23(21)26-20(27)11-14-13-30-18-8-7-15(24)12-17(14)18/h7-8,12-13H,2-6,9-11H2,1H3,(H,25,28)(H,26,27). The van der Waals surface area contributed by atoms with Crippen LogP contribution in [0.3, 0.4) is 0 Å². The van der Waals surface area contributed by atoms with Crippen LogP contribution in [0.1, 0.15) is 46.1 Å². The first kappa shape index (κ1) is 21.9. The van der Waals surface area contributed by atoms with Crippen LogP contribution in [0.4, 0.5) is 5.00 Å². The minimum absolute atomic E-state index is 0.133. The van der Waals surface area contributed by atoms with Crippen molar-refractivity contribution in [1.29, 1.82) is 0 Å². The number of hydrogen-bond donors (Lipinski definition) is 2. The van der Waals surface area contributed by atoms with Gasteiger partial charge >= 0.3 is 0 Å². The van der Waals surface area contributed by atoms with Crippen LogP contribution >= 0.6 is 22.9 Å². The Hall–Kier alpha value is -2.35. The van der Waals surface area contributed by atoms with Gasteiger partial charge in [0, 0.05) is 40.6 Å². The van der Waals surface area contributed by atoms with Crippen LogP contribution in [0.2, 0.25) is 5.02 Å². The maximum Gasteiger partial charge on any atom is 0.254 e. The third kappa shape index (κ3) is 4.95. The molecular formula is C23H25ClN2O4S. The van der Waals surface area contributed by atoms with E-state index in [9.17, 15) is 9.59 Å². The van der Waals surface area contributed by atoms with E-state index in [1.54, 1.807) is 24.5 Å². The highest BCUT2D eigenvalue weighted by Crippen LogP contribution is 2.39. The number of thiophene rings is 1. The summed E-state index contributed by atoms with van der Waals surface area (Å²) in [7, 11) is 0. The van der Waals surface area contributed by atoms with Crippen molar-refractivity contribution in [3.63, 3.8) is 0 Å². The highest BCUT2D eigenvalue weighted by molar-refractivity contribution is 7.17. The van der Waals surface area contributed by atoms with Gasteiger partial charge in [0.05, 0.1) is 18.2 Å². The van der Waals surface area contributed by atoms with Gasteiger partial charge in [0.25, 0.3) is 5.91 Å². The Labute approximate surface area is 189 Å². The lowest BCUT2D eigenvalue weighted by molar-refractivity contribution is -0.115. The molecule has 0 aliphatic heterocycles. The molecule has 164 valence electrons. The topological polar surface area (TPSA) is 80.6 Å². The van der Waals surface area contributed by atoms with Crippen molar-refractivity contribution in [1.82, 2.24) is 5.32 Å². The smallest absolute Gasteiger partial charge is 0.254 e. The number of rotatable bonds is 9. The number of aryl methyl sites for hydroxylation is 1. The Morgan fingerprint density at radius 3 is 3.00 bits per heavy atom. The highest BCUT2D eigenvalue weighted by Gasteiger charge is 2.27. The van der Waals surface area contributed by atoms with Gasteiger partial charge < -0.3 is 19.8 Å². The maximum atomic E-state index is 12.9. The van der Waals surface area contributed by atoms with Crippen LogP contribution in [0, 0.1) is 0 Å². The van der Waals surface area contributed by atoms with Crippen LogP contribution in [0.5, 0.6) is 0 Å². The minimum atomic E-state index is -0.187. The van der Waals surface area contributed by atoms with Crippen LogP contribution in [0.25, 0.3) is 11.0 Å². The van der Waals surface area contributed by atoms with Crippen LogP contribution in [0.15, 0.2) is 28.9 Å². The van der Waals surface area contributed by atoms with E-state index in [-0.39, 0.29) is 18.2 Å². The maximum absolute atomic E-state index is 12.9. The van der Waals surface area contributed by atoms with E-state index in [4.69, 9.17) is 20.8 Å². The molecule has 0 saturated carbocycles. The number of furan rings is 1. The second-order valence-corrected chi connectivity index (χ2v) is 9.04.